The highest BCUT2D eigenvalue weighted by Crippen LogP contribution is 2.31. The molecule has 0 radical (unpaired) electrons. The predicted molar refractivity (Wildman–Crippen MR) is 113 cm³/mol. The molecule has 0 spiro atoms. The minimum atomic E-state index is 0.835. The Morgan fingerprint density at radius 2 is 1.17 bits per heavy atom. The third kappa shape index (κ3) is 11.5. The van der Waals surface area contributed by atoms with Gasteiger partial charge >= 0.3 is 0 Å². The Morgan fingerprint density at radius 1 is 0.542 bits per heavy atom. The Bertz CT molecular complexity index is 263. The van der Waals surface area contributed by atoms with E-state index < -0.39 is 0 Å². The zero-order chi connectivity index (χ0) is 18.5. The molecule has 0 nitrogen and oxygen atoms in total. The molecule has 0 rings (SSSR count). The lowest BCUT2D eigenvalue weighted by Crippen LogP contribution is -2.15. The average molecular weight is 339 g/mol. The molecule has 0 fully saturated rings. The van der Waals surface area contributed by atoms with Gasteiger partial charge < -0.3 is 0 Å². The van der Waals surface area contributed by atoms with Crippen LogP contribution in [0.3, 0.4) is 0 Å². The Labute approximate surface area is 155 Å². The smallest absolute Gasteiger partial charge is 0.0409 e. The van der Waals surface area contributed by atoms with Crippen molar-refractivity contribution in [2.45, 2.75) is 120 Å². The minimum absolute atomic E-state index is 0.835. The maximum Gasteiger partial charge on any atom is -0.0409 e. The molecule has 146 valence electrons. The van der Waals surface area contributed by atoms with Crippen LogP contribution in [0.5, 0.6) is 0 Å². The normalized spacial score (nSPS) is 17.2. The highest BCUT2D eigenvalue weighted by Gasteiger charge is 2.19. The van der Waals surface area contributed by atoms with Gasteiger partial charge in [-0.25, -0.2) is 0 Å². The van der Waals surface area contributed by atoms with Crippen LogP contribution in [0.4, 0.5) is 0 Å². The van der Waals surface area contributed by atoms with E-state index in [2.05, 4.69) is 55.4 Å². The second-order valence-corrected chi connectivity index (χ2v) is 9.37. The molecule has 0 amide bonds. The molecule has 0 heteroatoms. The predicted octanol–water partition coefficient (Wildman–Crippen LogP) is 8.74. The maximum absolute atomic E-state index is 2.52. The van der Waals surface area contributed by atoms with E-state index in [9.17, 15) is 0 Å². The molecule has 0 N–H and O–H groups in total. The van der Waals surface area contributed by atoms with Crippen LogP contribution in [-0.4, -0.2) is 0 Å². The summed E-state index contributed by atoms with van der Waals surface area (Å²) in [6, 6.07) is 0. The average Bonchev–Trinajstić information content (AvgIpc) is 2.55. The van der Waals surface area contributed by atoms with Gasteiger partial charge in [0.1, 0.15) is 0 Å². The zero-order valence-electron chi connectivity index (χ0n) is 18.5. The lowest BCUT2D eigenvalue weighted by molar-refractivity contribution is 0.247. The highest BCUT2D eigenvalue weighted by atomic mass is 14.2. The van der Waals surface area contributed by atoms with E-state index in [1.54, 1.807) is 0 Å². The lowest BCUT2D eigenvalue weighted by atomic mass is 9.79. The fraction of sp³-hybridized carbons (Fsp3) is 1.00. The van der Waals surface area contributed by atoms with Crippen molar-refractivity contribution in [1.29, 1.82) is 0 Å². The topological polar surface area (TPSA) is 0 Å². The minimum Gasteiger partial charge on any atom is -0.0651 e. The van der Waals surface area contributed by atoms with Crippen molar-refractivity contribution in [1.82, 2.24) is 0 Å². The molecule has 24 heavy (non-hydrogen) atoms. The largest absolute Gasteiger partial charge is 0.0651 e. The lowest BCUT2D eigenvalue weighted by Gasteiger charge is -2.27. The van der Waals surface area contributed by atoms with E-state index >= 15 is 0 Å². The molecule has 0 aromatic rings. The summed E-state index contributed by atoms with van der Waals surface area (Å²) >= 11 is 0. The summed E-state index contributed by atoms with van der Waals surface area (Å²) in [6.07, 6.45) is 14.3. The molecule has 0 aliphatic rings. The van der Waals surface area contributed by atoms with Gasteiger partial charge in [0.15, 0.2) is 0 Å². The van der Waals surface area contributed by atoms with Crippen molar-refractivity contribution in [2.24, 2.45) is 35.5 Å². The second kappa shape index (κ2) is 14.2. The fourth-order valence-corrected chi connectivity index (χ4v) is 3.99. The molecule has 0 heterocycles. The molecule has 4 unspecified atom stereocenters. The van der Waals surface area contributed by atoms with E-state index in [4.69, 9.17) is 0 Å². The van der Waals surface area contributed by atoms with Gasteiger partial charge in [-0.3, -0.25) is 0 Å². The molecular formula is C24H50. The van der Waals surface area contributed by atoms with Gasteiger partial charge in [0.25, 0.3) is 0 Å². The number of hydrogen-bond acceptors (Lipinski definition) is 0. The van der Waals surface area contributed by atoms with Crippen LogP contribution in [0.2, 0.25) is 0 Å². The van der Waals surface area contributed by atoms with Crippen LogP contribution in [0.15, 0.2) is 0 Å². The third-order valence-electron chi connectivity index (χ3n) is 6.81. The Balaban J connectivity index is 4.34. The van der Waals surface area contributed by atoms with E-state index in [0.717, 1.165) is 35.5 Å². The standard InChI is InChI=1S/C24H50/c1-9-20(6)15-16-24(18-22(8)19(4)5)17-21(7)13-12-14-23(10-2)11-3/h19-24H,9-18H2,1-8H3. The molecule has 0 saturated carbocycles. The van der Waals surface area contributed by atoms with Gasteiger partial charge in [-0.1, -0.05) is 107 Å². The molecule has 0 saturated heterocycles. The highest BCUT2D eigenvalue weighted by molar-refractivity contribution is 4.71. The fourth-order valence-electron chi connectivity index (χ4n) is 3.99. The molecule has 0 aliphatic heterocycles. The van der Waals surface area contributed by atoms with Crippen LogP contribution in [0.25, 0.3) is 0 Å². The first-order chi connectivity index (χ1) is 11.3. The Morgan fingerprint density at radius 3 is 1.67 bits per heavy atom. The van der Waals surface area contributed by atoms with E-state index in [0.29, 0.717) is 0 Å². The number of rotatable bonds is 15. The van der Waals surface area contributed by atoms with E-state index in [1.165, 1.54) is 64.2 Å². The van der Waals surface area contributed by atoms with Crippen LogP contribution >= 0.6 is 0 Å². The summed E-state index contributed by atoms with van der Waals surface area (Å²) in [5.74, 6) is 5.47. The molecule has 0 bridgehead atoms. The summed E-state index contributed by atoms with van der Waals surface area (Å²) in [6.45, 7) is 19.3. The van der Waals surface area contributed by atoms with Gasteiger partial charge in [-0.2, -0.15) is 0 Å². The maximum atomic E-state index is 2.52. The van der Waals surface area contributed by atoms with Gasteiger partial charge in [0.05, 0.1) is 0 Å². The first-order valence-electron chi connectivity index (χ1n) is 11.3. The molecule has 0 aliphatic carbocycles. The molecule has 0 aromatic heterocycles. The summed E-state index contributed by atoms with van der Waals surface area (Å²) < 4.78 is 0. The summed E-state index contributed by atoms with van der Waals surface area (Å²) in [4.78, 5) is 0. The van der Waals surface area contributed by atoms with Crippen LogP contribution in [0, 0.1) is 35.5 Å². The number of hydrogen-bond donors (Lipinski definition) is 0. The molecule has 4 atom stereocenters. The van der Waals surface area contributed by atoms with Crippen LogP contribution in [0.1, 0.15) is 120 Å². The van der Waals surface area contributed by atoms with Crippen LogP contribution < -0.4 is 0 Å². The first-order valence-corrected chi connectivity index (χ1v) is 11.3. The first kappa shape index (κ1) is 24.0. The second-order valence-electron chi connectivity index (χ2n) is 9.37. The SMILES string of the molecule is CCC(C)CCC(CC(C)CCCC(CC)CC)CC(C)C(C)C. The summed E-state index contributed by atoms with van der Waals surface area (Å²) in [5, 5.41) is 0. The van der Waals surface area contributed by atoms with Crippen molar-refractivity contribution >= 4 is 0 Å². The van der Waals surface area contributed by atoms with Crippen molar-refractivity contribution in [3.63, 3.8) is 0 Å². The summed E-state index contributed by atoms with van der Waals surface area (Å²) in [7, 11) is 0. The third-order valence-corrected chi connectivity index (χ3v) is 6.81. The van der Waals surface area contributed by atoms with Crippen molar-refractivity contribution < 1.29 is 0 Å². The van der Waals surface area contributed by atoms with Crippen molar-refractivity contribution in [2.75, 3.05) is 0 Å². The van der Waals surface area contributed by atoms with Crippen molar-refractivity contribution in [3.8, 4) is 0 Å². The Kier molecular flexibility index (Phi) is 14.2. The van der Waals surface area contributed by atoms with E-state index in [-0.39, 0.29) is 0 Å². The van der Waals surface area contributed by atoms with Gasteiger partial charge in [0, 0.05) is 0 Å². The van der Waals surface area contributed by atoms with Gasteiger partial charge in [-0.15, -0.1) is 0 Å². The molecular weight excluding hydrogens is 288 g/mol. The van der Waals surface area contributed by atoms with Gasteiger partial charge in [-0.05, 0) is 48.3 Å². The monoisotopic (exact) mass is 338 g/mol. The zero-order valence-corrected chi connectivity index (χ0v) is 18.5. The van der Waals surface area contributed by atoms with Crippen molar-refractivity contribution in [3.05, 3.63) is 0 Å². The summed E-state index contributed by atoms with van der Waals surface area (Å²) in [5.41, 5.74) is 0. The quantitative estimate of drug-likeness (QED) is 0.280. The van der Waals surface area contributed by atoms with Gasteiger partial charge in [0.2, 0.25) is 0 Å². The Hall–Kier alpha value is 0. The van der Waals surface area contributed by atoms with E-state index in [1.807, 2.05) is 0 Å². The molecule has 0 aromatic carbocycles. The van der Waals surface area contributed by atoms with Crippen LogP contribution in [-0.2, 0) is 0 Å².